The molecule has 31 heavy (non-hydrogen) atoms. The molecule has 0 spiro atoms. The van der Waals surface area contributed by atoms with Crippen LogP contribution in [0.5, 0.6) is 5.75 Å². The van der Waals surface area contributed by atoms with Gasteiger partial charge in [0.05, 0.1) is 18.1 Å². The number of rotatable bonds is 8. The maximum atomic E-state index is 12.7. The minimum Gasteiger partial charge on any atom is -0.491 e. The molecule has 6 heteroatoms. The van der Waals surface area contributed by atoms with E-state index in [0.29, 0.717) is 38.8 Å². The van der Waals surface area contributed by atoms with Crippen LogP contribution in [0.4, 0.5) is 5.69 Å². The molecule has 168 valence electrons. The van der Waals surface area contributed by atoms with Crippen LogP contribution in [0.25, 0.3) is 0 Å². The number of carbonyl (C=O) groups excluding carboxylic acids is 1. The highest BCUT2D eigenvalue weighted by molar-refractivity contribution is 9.10. The fourth-order valence-corrected chi connectivity index (χ4v) is 4.32. The fourth-order valence-electron chi connectivity index (χ4n) is 3.90. The smallest absolute Gasteiger partial charge is 0.227 e. The summed E-state index contributed by atoms with van der Waals surface area (Å²) in [5.41, 5.74) is 1.37. The molecule has 1 amide bonds. The van der Waals surface area contributed by atoms with Crippen molar-refractivity contribution in [2.75, 3.05) is 31.6 Å². The second kappa shape index (κ2) is 10.5. The zero-order valence-electron chi connectivity index (χ0n) is 18.7. The number of likely N-dealkylation sites (tertiary alicyclic amines) is 1. The van der Waals surface area contributed by atoms with Gasteiger partial charge in [0.25, 0.3) is 0 Å². The molecule has 2 aromatic rings. The van der Waals surface area contributed by atoms with Gasteiger partial charge in [-0.15, -0.1) is 0 Å². The van der Waals surface area contributed by atoms with Crippen molar-refractivity contribution in [1.29, 1.82) is 0 Å². The van der Waals surface area contributed by atoms with Gasteiger partial charge < -0.3 is 19.6 Å². The largest absolute Gasteiger partial charge is 0.491 e. The molecule has 1 aliphatic rings. The van der Waals surface area contributed by atoms with Crippen LogP contribution in [0.15, 0.2) is 53.0 Å². The summed E-state index contributed by atoms with van der Waals surface area (Å²) in [7, 11) is 2.04. The number of aliphatic hydroxyl groups is 1. The van der Waals surface area contributed by atoms with Crippen LogP contribution in [-0.4, -0.2) is 54.3 Å². The highest BCUT2D eigenvalue weighted by Crippen LogP contribution is 2.28. The predicted octanol–water partition coefficient (Wildman–Crippen LogP) is 4.66. The lowest BCUT2D eigenvalue weighted by Crippen LogP contribution is -2.48. The SMILES string of the molecule is CC(C)Oc1ccc(N(C)CCC2(O)CCN(C(=O)Cc3ccccc3Br)CC2)cc1. The van der Waals surface area contributed by atoms with Gasteiger partial charge in [0.15, 0.2) is 0 Å². The van der Waals surface area contributed by atoms with E-state index in [1.165, 1.54) is 0 Å². The van der Waals surface area contributed by atoms with Crippen LogP contribution in [-0.2, 0) is 11.2 Å². The summed E-state index contributed by atoms with van der Waals surface area (Å²) in [6.45, 7) is 5.99. The van der Waals surface area contributed by atoms with Crippen LogP contribution in [0.3, 0.4) is 0 Å². The van der Waals surface area contributed by atoms with Gasteiger partial charge >= 0.3 is 0 Å². The normalized spacial score (nSPS) is 15.7. The van der Waals surface area contributed by atoms with Gasteiger partial charge in [-0.2, -0.15) is 0 Å². The summed E-state index contributed by atoms with van der Waals surface area (Å²) in [6, 6.07) is 15.9. The van der Waals surface area contributed by atoms with Crippen LogP contribution < -0.4 is 9.64 Å². The van der Waals surface area contributed by atoms with Crippen molar-refractivity contribution in [2.45, 2.75) is 51.2 Å². The number of benzene rings is 2. The standard InChI is InChI=1S/C25H33BrN2O3/c1-19(2)31-22-10-8-21(9-11-22)27(3)15-12-25(30)13-16-28(17-14-25)24(29)18-20-6-4-5-7-23(20)26/h4-11,19,30H,12-18H2,1-3H3. The molecule has 0 aliphatic carbocycles. The first-order valence-corrected chi connectivity index (χ1v) is 11.8. The first kappa shape index (κ1) is 23.6. The third-order valence-corrected chi connectivity index (χ3v) is 6.68. The summed E-state index contributed by atoms with van der Waals surface area (Å²) in [5, 5.41) is 11.1. The lowest BCUT2D eigenvalue weighted by Gasteiger charge is -2.39. The Morgan fingerprint density at radius 3 is 2.42 bits per heavy atom. The second-order valence-electron chi connectivity index (χ2n) is 8.71. The molecule has 3 rings (SSSR count). The Bertz CT molecular complexity index is 861. The molecular formula is C25H33BrN2O3. The Morgan fingerprint density at radius 1 is 1.16 bits per heavy atom. The number of hydrogen-bond acceptors (Lipinski definition) is 4. The number of hydrogen-bond donors (Lipinski definition) is 1. The number of ether oxygens (including phenoxy) is 1. The van der Waals surface area contributed by atoms with Crippen LogP contribution in [0, 0.1) is 0 Å². The van der Waals surface area contributed by atoms with Gasteiger partial charge in [0.2, 0.25) is 5.91 Å². The molecule has 0 radical (unpaired) electrons. The summed E-state index contributed by atoms with van der Waals surface area (Å²) in [5.74, 6) is 0.986. The summed E-state index contributed by atoms with van der Waals surface area (Å²) >= 11 is 3.51. The fraction of sp³-hybridized carbons (Fsp3) is 0.480. The number of carbonyl (C=O) groups is 1. The van der Waals surface area contributed by atoms with E-state index >= 15 is 0 Å². The minimum atomic E-state index is -0.723. The summed E-state index contributed by atoms with van der Waals surface area (Å²) < 4.78 is 6.66. The molecule has 1 N–H and O–H groups in total. The van der Waals surface area contributed by atoms with Gasteiger partial charge in [0.1, 0.15) is 5.75 Å². The zero-order valence-corrected chi connectivity index (χ0v) is 20.3. The third-order valence-electron chi connectivity index (χ3n) is 5.91. The van der Waals surface area contributed by atoms with E-state index in [4.69, 9.17) is 4.74 Å². The van der Waals surface area contributed by atoms with Crippen LogP contribution in [0.2, 0.25) is 0 Å². The van der Waals surface area contributed by atoms with Crippen molar-refractivity contribution in [3.63, 3.8) is 0 Å². The molecule has 0 bridgehead atoms. The van der Waals surface area contributed by atoms with E-state index in [2.05, 4.69) is 20.8 Å². The van der Waals surface area contributed by atoms with E-state index < -0.39 is 5.60 Å². The molecule has 1 heterocycles. The number of amides is 1. The van der Waals surface area contributed by atoms with E-state index in [-0.39, 0.29) is 12.0 Å². The highest BCUT2D eigenvalue weighted by Gasteiger charge is 2.33. The Balaban J connectivity index is 1.47. The molecule has 5 nitrogen and oxygen atoms in total. The molecule has 0 unspecified atom stereocenters. The zero-order chi connectivity index (χ0) is 22.4. The quantitative estimate of drug-likeness (QED) is 0.586. The van der Waals surface area contributed by atoms with E-state index in [0.717, 1.165) is 28.0 Å². The van der Waals surface area contributed by atoms with Gasteiger partial charge in [-0.1, -0.05) is 34.1 Å². The van der Waals surface area contributed by atoms with Crippen molar-refractivity contribution < 1.29 is 14.6 Å². The van der Waals surface area contributed by atoms with Crippen LogP contribution in [0.1, 0.15) is 38.7 Å². The van der Waals surface area contributed by atoms with Gasteiger partial charge in [-0.3, -0.25) is 4.79 Å². The summed E-state index contributed by atoms with van der Waals surface area (Å²) in [4.78, 5) is 16.7. The van der Waals surface area contributed by atoms with E-state index in [1.807, 2.05) is 74.3 Å². The number of nitrogens with zero attached hydrogens (tertiary/aromatic N) is 2. The van der Waals surface area contributed by atoms with E-state index in [1.54, 1.807) is 0 Å². The molecular weight excluding hydrogens is 456 g/mol. The number of anilines is 1. The van der Waals surface area contributed by atoms with E-state index in [9.17, 15) is 9.90 Å². The second-order valence-corrected chi connectivity index (χ2v) is 9.56. The number of halogens is 1. The third kappa shape index (κ3) is 6.71. The average molecular weight is 489 g/mol. The Morgan fingerprint density at radius 2 is 1.81 bits per heavy atom. The molecule has 1 saturated heterocycles. The number of piperidine rings is 1. The van der Waals surface area contributed by atoms with Crippen molar-refractivity contribution >= 4 is 27.5 Å². The van der Waals surface area contributed by atoms with Gasteiger partial charge in [0, 0.05) is 36.8 Å². The summed E-state index contributed by atoms with van der Waals surface area (Å²) in [6.07, 6.45) is 2.46. The topological polar surface area (TPSA) is 53.0 Å². The Kier molecular flexibility index (Phi) is 8.00. The molecule has 0 atom stereocenters. The average Bonchev–Trinajstić information content (AvgIpc) is 2.74. The molecule has 1 fully saturated rings. The Labute approximate surface area is 194 Å². The molecule has 2 aromatic carbocycles. The van der Waals surface area contributed by atoms with Crippen molar-refractivity contribution in [1.82, 2.24) is 4.90 Å². The van der Waals surface area contributed by atoms with Crippen LogP contribution >= 0.6 is 15.9 Å². The molecule has 1 aliphatic heterocycles. The van der Waals surface area contributed by atoms with Gasteiger partial charge in [-0.25, -0.2) is 0 Å². The van der Waals surface area contributed by atoms with Crippen molar-refractivity contribution in [2.24, 2.45) is 0 Å². The Hall–Kier alpha value is -2.05. The highest BCUT2D eigenvalue weighted by atomic mass is 79.9. The first-order chi connectivity index (χ1) is 14.8. The van der Waals surface area contributed by atoms with Crippen molar-refractivity contribution in [3.8, 4) is 5.75 Å². The molecule has 0 aromatic heterocycles. The first-order valence-electron chi connectivity index (χ1n) is 11.0. The van der Waals surface area contributed by atoms with Crippen molar-refractivity contribution in [3.05, 3.63) is 58.6 Å². The maximum Gasteiger partial charge on any atom is 0.227 e. The lowest BCUT2D eigenvalue weighted by molar-refractivity contribution is -0.134. The predicted molar refractivity (Wildman–Crippen MR) is 129 cm³/mol. The maximum absolute atomic E-state index is 12.7. The lowest BCUT2D eigenvalue weighted by atomic mass is 9.87. The monoisotopic (exact) mass is 488 g/mol. The van der Waals surface area contributed by atoms with Gasteiger partial charge in [-0.05, 0) is 69.0 Å². The molecule has 0 saturated carbocycles. The minimum absolute atomic E-state index is 0.120.